The van der Waals surface area contributed by atoms with E-state index in [9.17, 15) is 13.9 Å². The van der Waals surface area contributed by atoms with Gasteiger partial charge < -0.3 is 5.11 Å². The van der Waals surface area contributed by atoms with Crippen molar-refractivity contribution in [3.05, 3.63) is 35.4 Å². The zero-order chi connectivity index (χ0) is 12.3. The molecule has 1 saturated carbocycles. The molecule has 1 fully saturated rings. The highest BCUT2D eigenvalue weighted by Crippen LogP contribution is 2.38. The lowest BCUT2D eigenvalue weighted by molar-refractivity contribution is 0.0822. The number of hydrogen-bond acceptors (Lipinski definition) is 1. The van der Waals surface area contributed by atoms with Gasteiger partial charge in [-0.25, -0.2) is 8.78 Å². The molecule has 3 heteroatoms. The topological polar surface area (TPSA) is 20.2 Å². The summed E-state index contributed by atoms with van der Waals surface area (Å²) in [7, 11) is 0. The monoisotopic (exact) mass is 240 g/mol. The molecule has 0 unspecified atom stereocenters. The van der Waals surface area contributed by atoms with Crippen LogP contribution in [0, 0.1) is 17.0 Å². The van der Waals surface area contributed by atoms with Crippen LogP contribution in [0.4, 0.5) is 8.78 Å². The van der Waals surface area contributed by atoms with Crippen molar-refractivity contribution in [3.63, 3.8) is 0 Å². The molecule has 0 aliphatic heterocycles. The maximum absolute atomic E-state index is 13.1. The Labute approximate surface area is 100 Å². The minimum absolute atomic E-state index is 0.102. The van der Waals surface area contributed by atoms with Crippen LogP contribution in [-0.4, -0.2) is 11.7 Å². The first-order chi connectivity index (χ1) is 8.13. The second kappa shape index (κ2) is 5.13. The average molecular weight is 240 g/mol. The van der Waals surface area contributed by atoms with Crippen LogP contribution in [-0.2, 0) is 6.42 Å². The van der Waals surface area contributed by atoms with Gasteiger partial charge in [0, 0.05) is 12.7 Å². The van der Waals surface area contributed by atoms with E-state index in [1.54, 1.807) is 0 Å². The fourth-order valence-electron chi connectivity index (χ4n) is 2.84. The van der Waals surface area contributed by atoms with Crippen molar-refractivity contribution in [1.29, 1.82) is 0 Å². The van der Waals surface area contributed by atoms with Gasteiger partial charge in [-0.3, -0.25) is 0 Å². The van der Waals surface area contributed by atoms with Crippen LogP contribution in [0.25, 0.3) is 0 Å². The summed E-state index contributed by atoms with van der Waals surface area (Å²) in [6, 6.07) is 3.63. The first-order valence-electron chi connectivity index (χ1n) is 6.19. The molecule has 0 heterocycles. The molecule has 0 atom stereocenters. The van der Waals surface area contributed by atoms with Crippen LogP contribution in [0.5, 0.6) is 0 Å². The molecular weight excluding hydrogens is 222 g/mol. The standard InChI is InChI=1S/C14H18F2O/c15-12-6-11(7-13(16)8-12)9-14(10-17)4-2-1-3-5-14/h6-8,17H,1-5,9-10H2. The molecule has 1 aliphatic rings. The summed E-state index contributed by atoms with van der Waals surface area (Å²) in [4.78, 5) is 0. The predicted octanol–water partition coefficient (Wildman–Crippen LogP) is 3.45. The number of hydrogen-bond donors (Lipinski definition) is 1. The number of aliphatic hydroxyl groups excluding tert-OH is 1. The number of benzene rings is 1. The smallest absolute Gasteiger partial charge is 0.126 e. The molecule has 0 aromatic heterocycles. The molecule has 1 aromatic carbocycles. The van der Waals surface area contributed by atoms with Gasteiger partial charge in [0.25, 0.3) is 0 Å². The van der Waals surface area contributed by atoms with Gasteiger partial charge in [0.1, 0.15) is 11.6 Å². The Morgan fingerprint density at radius 1 is 1.00 bits per heavy atom. The second-order valence-corrected chi connectivity index (χ2v) is 5.17. The SMILES string of the molecule is OCC1(Cc2cc(F)cc(F)c2)CCCCC1. The molecule has 2 rings (SSSR count). The van der Waals surface area contributed by atoms with Crippen LogP contribution in [0.15, 0.2) is 18.2 Å². The van der Waals surface area contributed by atoms with Crippen LogP contribution < -0.4 is 0 Å². The zero-order valence-electron chi connectivity index (χ0n) is 9.88. The quantitative estimate of drug-likeness (QED) is 0.858. The van der Waals surface area contributed by atoms with Crippen LogP contribution in [0.2, 0.25) is 0 Å². The lowest BCUT2D eigenvalue weighted by atomic mass is 9.71. The highest BCUT2D eigenvalue weighted by molar-refractivity contribution is 5.19. The van der Waals surface area contributed by atoms with E-state index in [0.29, 0.717) is 12.0 Å². The third-order valence-corrected chi connectivity index (χ3v) is 3.75. The Bertz CT molecular complexity index is 364. The zero-order valence-corrected chi connectivity index (χ0v) is 9.88. The normalized spacial score (nSPS) is 19.2. The fraction of sp³-hybridized carbons (Fsp3) is 0.571. The van der Waals surface area contributed by atoms with Gasteiger partial charge in [-0.05, 0) is 42.4 Å². The Hall–Kier alpha value is -0.960. The summed E-state index contributed by atoms with van der Waals surface area (Å²) in [6.45, 7) is 0.102. The molecule has 0 bridgehead atoms. The molecule has 0 saturated heterocycles. The minimum Gasteiger partial charge on any atom is -0.396 e. The van der Waals surface area contributed by atoms with E-state index >= 15 is 0 Å². The number of rotatable bonds is 3. The van der Waals surface area contributed by atoms with Gasteiger partial charge >= 0.3 is 0 Å². The fourth-order valence-corrected chi connectivity index (χ4v) is 2.84. The number of aliphatic hydroxyl groups is 1. The lowest BCUT2D eigenvalue weighted by Gasteiger charge is -2.35. The molecule has 1 aliphatic carbocycles. The molecular formula is C14H18F2O. The first-order valence-corrected chi connectivity index (χ1v) is 6.19. The summed E-state index contributed by atoms with van der Waals surface area (Å²) < 4.78 is 26.2. The summed E-state index contributed by atoms with van der Waals surface area (Å²) in [5.41, 5.74) is 0.483. The van der Waals surface area contributed by atoms with E-state index in [-0.39, 0.29) is 12.0 Å². The van der Waals surface area contributed by atoms with E-state index in [0.717, 1.165) is 31.7 Å². The third kappa shape index (κ3) is 3.03. The number of halogens is 2. The van der Waals surface area contributed by atoms with Crippen molar-refractivity contribution in [2.45, 2.75) is 38.5 Å². The Morgan fingerprint density at radius 3 is 2.12 bits per heavy atom. The van der Waals surface area contributed by atoms with Gasteiger partial charge in [-0.1, -0.05) is 19.3 Å². The second-order valence-electron chi connectivity index (χ2n) is 5.17. The van der Waals surface area contributed by atoms with Gasteiger partial charge in [0.05, 0.1) is 0 Å². The van der Waals surface area contributed by atoms with Gasteiger partial charge in [-0.2, -0.15) is 0 Å². The summed E-state index contributed by atoms with van der Waals surface area (Å²) in [5, 5.41) is 9.55. The van der Waals surface area contributed by atoms with Crippen molar-refractivity contribution in [3.8, 4) is 0 Å². The maximum Gasteiger partial charge on any atom is 0.126 e. The van der Waals surface area contributed by atoms with E-state index in [4.69, 9.17) is 0 Å². The average Bonchev–Trinajstić information content (AvgIpc) is 2.29. The Morgan fingerprint density at radius 2 is 1.59 bits per heavy atom. The Balaban J connectivity index is 2.17. The molecule has 1 aromatic rings. The molecule has 17 heavy (non-hydrogen) atoms. The highest BCUT2D eigenvalue weighted by atomic mass is 19.1. The largest absolute Gasteiger partial charge is 0.396 e. The van der Waals surface area contributed by atoms with Gasteiger partial charge in [-0.15, -0.1) is 0 Å². The van der Waals surface area contributed by atoms with Crippen LogP contribution in [0.3, 0.4) is 0 Å². The maximum atomic E-state index is 13.1. The van der Waals surface area contributed by atoms with Crippen molar-refractivity contribution in [1.82, 2.24) is 0 Å². The van der Waals surface area contributed by atoms with Crippen LogP contribution in [0.1, 0.15) is 37.7 Å². The molecule has 0 radical (unpaired) electrons. The molecule has 0 amide bonds. The minimum atomic E-state index is -0.538. The summed E-state index contributed by atoms with van der Waals surface area (Å²) in [5.74, 6) is -1.08. The van der Waals surface area contributed by atoms with E-state index in [1.165, 1.54) is 18.6 Å². The lowest BCUT2D eigenvalue weighted by Crippen LogP contribution is -2.30. The molecule has 94 valence electrons. The van der Waals surface area contributed by atoms with Crippen molar-refractivity contribution < 1.29 is 13.9 Å². The van der Waals surface area contributed by atoms with E-state index in [2.05, 4.69) is 0 Å². The predicted molar refractivity (Wildman–Crippen MR) is 62.7 cm³/mol. The van der Waals surface area contributed by atoms with Crippen molar-refractivity contribution in [2.75, 3.05) is 6.61 Å². The van der Waals surface area contributed by atoms with Gasteiger partial charge in [0.15, 0.2) is 0 Å². The van der Waals surface area contributed by atoms with Crippen LogP contribution >= 0.6 is 0 Å². The van der Waals surface area contributed by atoms with Gasteiger partial charge in [0.2, 0.25) is 0 Å². The first kappa shape index (κ1) is 12.5. The molecule has 0 spiro atoms. The third-order valence-electron chi connectivity index (χ3n) is 3.75. The summed E-state index contributed by atoms with van der Waals surface area (Å²) in [6.07, 6.45) is 5.84. The Kier molecular flexibility index (Phi) is 3.77. The molecule has 1 N–H and O–H groups in total. The molecule has 1 nitrogen and oxygen atoms in total. The van der Waals surface area contributed by atoms with E-state index < -0.39 is 11.6 Å². The highest BCUT2D eigenvalue weighted by Gasteiger charge is 2.31. The van der Waals surface area contributed by atoms with Crippen molar-refractivity contribution in [2.24, 2.45) is 5.41 Å². The van der Waals surface area contributed by atoms with E-state index in [1.807, 2.05) is 0 Å². The summed E-state index contributed by atoms with van der Waals surface area (Å²) >= 11 is 0. The van der Waals surface area contributed by atoms with Crippen molar-refractivity contribution >= 4 is 0 Å².